The molecule has 1 aliphatic carbocycles. The maximum Gasteiger partial charge on any atom is 0.338 e. The number of carbonyl (C=O) groups is 2. The van der Waals surface area contributed by atoms with Crippen molar-refractivity contribution in [2.24, 2.45) is 5.92 Å². The maximum atomic E-state index is 12.0. The Morgan fingerprint density at radius 1 is 1.08 bits per heavy atom. The first-order valence-corrected chi connectivity index (χ1v) is 7.84. The third-order valence-electron chi connectivity index (χ3n) is 3.85. The van der Waals surface area contributed by atoms with Crippen molar-refractivity contribution >= 4 is 23.3 Å². The highest BCUT2D eigenvalue weighted by Gasteiger charge is 2.29. The van der Waals surface area contributed by atoms with E-state index in [9.17, 15) is 19.7 Å². The zero-order valence-electron chi connectivity index (χ0n) is 13.3. The Bertz CT molecular complexity index is 795. The summed E-state index contributed by atoms with van der Waals surface area (Å²) in [7, 11) is 0. The van der Waals surface area contributed by atoms with Gasteiger partial charge in [0.1, 0.15) is 6.61 Å². The van der Waals surface area contributed by atoms with E-state index in [0.717, 1.165) is 12.8 Å². The van der Waals surface area contributed by atoms with Crippen molar-refractivity contribution in [2.75, 3.05) is 5.32 Å². The molecule has 7 heteroatoms. The Labute approximate surface area is 143 Å². The molecule has 0 aromatic heterocycles. The summed E-state index contributed by atoms with van der Waals surface area (Å²) < 4.78 is 5.19. The highest BCUT2D eigenvalue weighted by Crippen LogP contribution is 2.30. The van der Waals surface area contributed by atoms with Crippen molar-refractivity contribution in [3.63, 3.8) is 0 Å². The Morgan fingerprint density at radius 2 is 1.72 bits per heavy atom. The van der Waals surface area contributed by atoms with Gasteiger partial charge in [0.2, 0.25) is 5.91 Å². The standard InChI is InChI=1S/C18H16N2O5/c21-17(13-3-4-13)19-15-7-5-14(6-8-15)18(22)25-11-12-1-9-16(10-2-12)20(23)24/h1-2,5-10,13H,3-4,11H2,(H,19,21). The molecule has 0 saturated heterocycles. The summed E-state index contributed by atoms with van der Waals surface area (Å²) in [6.07, 6.45) is 1.86. The second-order valence-electron chi connectivity index (χ2n) is 5.84. The van der Waals surface area contributed by atoms with Gasteiger partial charge in [-0.25, -0.2) is 4.79 Å². The van der Waals surface area contributed by atoms with Gasteiger partial charge in [-0.05, 0) is 54.8 Å². The highest BCUT2D eigenvalue weighted by molar-refractivity contribution is 5.95. The van der Waals surface area contributed by atoms with Crippen LogP contribution < -0.4 is 5.32 Å². The molecule has 1 fully saturated rings. The number of hydrogen-bond acceptors (Lipinski definition) is 5. The molecular formula is C18H16N2O5. The molecule has 1 N–H and O–H groups in total. The van der Waals surface area contributed by atoms with E-state index in [2.05, 4.69) is 5.32 Å². The maximum absolute atomic E-state index is 12.0. The zero-order chi connectivity index (χ0) is 17.8. The van der Waals surface area contributed by atoms with Crippen molar-refractivity contribution < 1.29 is 19.2 Å². The van der Waals surface area contributed by atoms with Crippen molar-refractivity contribution in [1.29, 1.82) is 0 Å². The first-order valence-electron chi connectivity index (χ1n) is 7.84. The lowest BCUT2D eigenvalue weighted by molar-refractivity contribution is -0.384. The molecule has 0 heterocycles. The van der Waals surface area contributed by atoms with Crippen LogP contribution in [0.2, 0.25) is 0 Å². The van der Waals surface area contributed by atoms with Gasteiger partial charge in [0.25, 0.3) is 5.69 Å². The minimum absolute atomic E-state index is 0.00787. The molecule has 2 aromatic carbocycles. The van der Waals surface area contributed by atoms with Gasteiger partial charge in [0.05, 0.1) is 10.5 Å². The molecule has 1 saturated carbocycles. The Morgan fingerprint density at radius 3 is 2.28 bits per heavy atom. The average Bonchev–Trinajstić information content (AvgIpc) is 3.46. The van der Waals surface area contributed by atoms with Gasteiger partial charge in [-0.3, -0.25) is 14.9 Å². The summed E-state index contributed by atoms with van der Waals surface area (Å²) in [4.78, 5) is 33.8. The molecule has 0 atom stereocenters. The van der Waals surface area contributed by atoms with Gasteiger partial charge in [0, 0.05) is 23.7 Å². The van der Waals surface area contributed by atoms with Gasteiger partial charge in [0.15, 0.2) is 0 Å². The molecular weight excluding hydrogens is 324 g/mol. The van der Waals surface area contributed by atoms with Crippen LogP contribution in [0, 0.1) is 16.0 Å². The van der Waals surface area contributed by atoms with Gasteiger partial charge >= 0.3 is 5.97 Å². The lowest BCUT2D eigenvalue weighted by atomic mass is 10.2. The quantitative estimate of drug-likeness (QED) is 0.494. The van der Waals surface area contributed by atoms with Crippen molar-refractivity contribution in [3.8, 4) is 0 Å². The van der Waals surface area contributed by atoms with E-state index in [0.29, 0.717) is 16.8 Å². The number of rotatable bonds is 6. The first-order chi connectivity index (χ1) is 12.0. The monoisotopic (exact) mass is 340 g/mol. The number of hydrogen-bond donors (Lipinski definition) is 1. The minimum Gasteiger partial charge on any atom is -0.457 e. The Balaban J connectivity index is 1.53. The molecule has 1 amide bonds. The number of non-ortho nitro benzene ring substituents is 1. The molecule has 1 aliphatic rings. The third kappa shape index (κ3) is 4.41. The predicted octanol–water partition coefficient (Wildman–Crippen LogP) is 3.30. The van der Waals surface area contributed by atoms with Gasteiger partial charge in [-0.15, -0.1) is 0 Å². The van der Waals surface area contributed by atoms with Crippen LogP contribution in [0.25, 0.3) is 0 Å². The van der Waals surface area contributed by atoms with Crippen LogP contribution in [0.15, 0.2) is 48.5 Å². The Kier molecular flexibility index (Phi) is 4.74. The molecule has 0 radical (unpaired) electrons. The molecule has 0 aliphatic heterocycles. The van der Waals surface area contributed by atoms with Crippen LogP contribution in [0.1, 0.15) is 28.8 Å². The van der Waals surface area contributed by atoms with Crippen molar-refractivity contribution in [3.05, 3.63) is 69.8 Å². The summed E-state index contributed by atoms with van der Waals surface area (Å²) in [5.74, 6) is -0.377. The molecule has 7 nitrogen and oxygen atoms in total. The molecule has 0 unspecified atom stereocenters. The highest BCUT2D eigenvalue weighted by atomic mass is 16.6. The number of amides is 1. The SMILES string of the molecule is O=C(OCc1ccc([N+](=O)[O-])cc1)c1ccc(NC(=O)C2CC2)cc1. The van der Waals surface area contributed by atoms with E-state index in [1.165, 1.54) is 12.1 Å². The number of carbonyl (C=O) groups excluding carboxylic acids is 2. The van der Waals surface area contributed by atoms with Gasteiger partial charge in [-0.2, -0.15) is 0 Å². The summed E-state index contributed by atoms with van der Waals surface area (Å²) in [6.45, 7) is 0.0248. The third-order valence-corrected chi connectivity index (χ3v) is 3.85. The summed E-state index contributed by atoms with van der Waals surface area (Å²) in [5, 5.41) is 13.4. The van der Waals surface area contributed by atoms with Crippen molar-refractivity contribution in [2.45, 2.75) is 19.4 Å². The average molecular weight is 340 g/mol. The smallest absolute Gasteiger partial charge is 0.338 e. The van der Waals surface area contributed by atoms with Crippen LogP contribution in [0.3, 0.4) is 0 Å². The molecule has 2 aromatic rings. The number of nitro benzene ring substituents is 1. The van der Waals surface area contributed by atoms with E-state index < -0.39 is 10.9 Å². The number of benzene rings is 2. The molecule has 128 valence electrons. The van der Waals surface area contributed by atoms with Crippen molar-refractivity contribution in [1.82, 2.24) is 0 Å². The van der Waals surface area contributed by atoms with E-state index in [1.807, 2.05) is 0 Å². The number of ether oxygens (including phenoxy) is 1. The van der Waals surface area contributed by atoms with E-state index in [-0.39, 0.29) is 24.1 Å². The summed E-state index contributed by atoms with van der Waals surface area (Å²) >= 11 is 0. The number of nitrogens with one attached hydrogen (secondary N) is 1. The fourth-order valence-corrected chi connectivity index (χ4v) is 2.23. The summed E-state index contributed by atoms with van der Waals surface area (Å²) in [6, 6.07) is 12.3. The number of nitro groups is 1. The second kappa shape index (κ2) is 7.12. The van der Waals surface area contributed by atoms with Crippen LogP contribution in [0.4, 0.5) is 11.4 Å². The molecule has 0 spiro atoms. The van der Waals surface area contributed by atoms with Crippen LogP contribution in [-0.4, -0.2) is 16.8 Å². The van der Waals surface area contributed by atoms with Gasteiger partial charge in [-0.1, -0.05) is 0 Å². The lowest BCUT2D eigenvalue weighted by Gasteiger charge is -2.07. The molecule has 25 heavy (non-hydrogen) atoms. The number of nitrogens with zero attached hydrogens (tertiary/aromatic N) is 1. The van der Waals surface area contributed by atoms with Crippen LogP contribution >= 0.6 is 0 Å². The first kappa shape index (κ1) is 16.6. The fourth-order valence-electron chi connectivity index (χ4n) is 2.23. The van der Waals surface area contributed by atoms with E-state index >= 15 is 0 Å². The summed E-state index contributed by atoms with van der Waals surface area (Å²) in [5.41, 5.74) is 1.65. The van der Waals surface area contributed by atoms with E-state index in [4.69, 9.17) is 4.74 Å². The Hall–Kier alpha value is -3.22. The molecule has 3 rings (SSSR count). The number of esters is 1. The zero-order valence-corrected chi connectivity index (χ0v) is 13.3. The topological polar surface area (TPSA) is 98.5 Å². The normalized spacial score (nSPS) is 13.1. The fraction of sp³-hybridized carbons (Fsp3) is 0.222. The molecule has 0 bridgehead atoms. The minimum atomic E-state index is -0.501. The van der Waals surface area contributed by atoms with Gasteiger partial charge < -0.3 is 10.1 Å². The second-order valence-corrected chi connectivity index (χ2v) is 5.84. The lowest BCUT2D eigenvalue weighted by Crippen LogP contribution is -2.13. The van der Waals surface area contributed by atoms with Crippen LogP contribution in [-0.2, 0) is 16.1 Å². The predicted molar refractivity (Wildman–Crippen MR) is 90.0 cm³/mol. The largest absolute Gasteiger partial charge is 0.457 e. The van der Waals surface area contributed by atoms with Crippen LogP contribution in [0.5, 0.6) is 0 Å². The number of anilines is 1. The van der Waals surface area contributed by atoms with E-state index in [1.54, 1.807) is 36.4 Å².